The third kappa shape index (κ3) is 3.57. The maximum absolute atomic E-state index is 11.4. The largest absolute Gasteiger partial charge is 0.481 e. The van der Waals surface area contributed by atoms with E-state index in [0.717, 1.165) is 25.7 Å². The number of rotatable bonds is 3. The average Bonchev–Trinajstić information content (AvgIpc) is 2.27. The number of carboxylic acid groups (broad SMARTS) is 1. The van der Waals surface area contributed by atoms with Crippen LogP contribution in [0.15, 0.2) is 0 Å². The molecular formula is C10H16O3. The summed E-state index contributed by atoms with van der Waals surface area (Å²) in [7, 11) is 0. The normalized spacial score (nSPS) is 24.0. The highest BCUT2D eigenvalue weighted by molar-refractivity contribution is 5.81. The summed E-state index contributed by atoms with van der Waals surface area (Å²) in [6, 6.07) is 0. The van der Waals surface area contributed by atoms with Gasteiger partial charge in [-0.05, 0) is 19.3 Å². The number of Topliss-reactive ketones (excluding diaryl/α,β-unsaturated/α-hetero) is 1. The minimum Gasteiger partial charge on any atom is -0.481 e. The fraction of sp³-hybridized carbons (Fsp3) is 0.800. The maximum atomic E-state index is 11.4. The molecule has 0 bridgehead atoms. The molecule has 0 radical (unpaired) electrons. The van der Waals surface area contributed by atoms with Gasteiger partial charge in [0.1, 0.15) is 5.78 Å². The molecule has 0 aromatic rings. The number of aliphatic carboxylic acids is 1. The van der Waals surface area contributed by atoms with Crippen molar-refractivity contribution in [3.05, 3.63) is 0 Å². The van der Waals surface area contributed by atoms with Crippen molar-refractivity contribution in [3.8, 4) is 0 Å². The van der Waals surface area contributed by atoms with Crippen LogP contribution >= 0.6 is 0 Å². The first-order valence-electron chi connectivity index (χ1n) is 4.94. The summed E-state index contributed by atoms with van der Waals surface area (Å²) < 4.78 is 0. The highest BCUT2D eigenvalue weighted by atomic mass is 16.4. The Morgan fingerprint density at radius 2 is 2.15 bits per heavy atom. The second kappa shape index (κ2) is 5.00. The van der Waals surface area contributed by atoms with E-state index in [1.807, 2.05) is 0 Å². The molecule has 1 N–H and O–H groups in total. The van der Waals surface area contributed by atoms with Crippen molar-refractivity contribution < 1.29 is 14.7 Å². The molecule has 0 amide bonds. The topological polar surface area (TPSA) is 54.4 Å². The van der Waals surface area contributed by atoms with Crippen LogP contribution in [0.1, 0.15) is 44.9 Å². The van der Waals surface area contributed by atoms with Gasteiger partial charge in [0.05, 0.1) is 0 Å². The van der Waals surface area contributed by atoms with E-state index in [9.17, 15) is 9.59 Å². The monoisotopic (exact) mass is 184 g/mol. The summed E-state index contributed by atoms with van der Waals surface area (Å²) in [6.07, 6.45) is 5.41. The van der Waals surface area contributed by atoms with Crippen LogP contribution in [0.5, 0.6) is 0 Å². The Morgan fingerprint density at radius 3 is 2.85 bits per heavy atom. The van der Waals surface area contributed by atoms with Gasteiger partial charge in [-0.2, -0.15) is 0 Å². The van der Waals surface area contributed by atoms with E-state index in [1.165, 1.54) is 0 Å². The molecule has 1 unspecified atom stereocenters. The summed E-state index contributed by atoms with van der Waals surface area (Å²) in [4.78, 5) is 21.8. The molecule has 13 heavy (non-hydrogen) atoms. The molecule has 1 atom stereocenters. The molecule has 3 heteroatoms. The zero-order valence-electron chi connectivity index (χ0n) is 7.79. The summed E-state index contributed by atoms with van der Waals surface area (Å²) >= 11 is 0. The van der Waals surface area contributed by atoms with Gasteiger partial charge in [0.15, 0.2) is 0 Å². The predicted molar refractivity (Wildman–Crippen MR) is 48.5 cm³/mol. The van der Waals surface area contributed by atoms with E-state index in [1.54, 1.807) is 0 Å². The van der Waals surface area contributed by atoms with Gasteiger partial charge in [0.25, 0.3) is 0 Å². The third-order valence-electron chi connectivity index (χ3n) is 2.64. The molecule has 0 aromatic heterocycles. The van der Waals surface area contributed by atoms with Crippen LogP contribution in [-0.2, 0) is 9.59 Å². The molecule has 0 saturated heterocycles. The van der Waals surface area contributed by atoms with Crippen LogP contribution in [0.2, 0.25) is 0 Å². The zero-order valence-corrected chi connectivity index (χ0v) is 7.79. The van der Waals surface area contributed by atoms with Crippen molar-refractivity contribution in [2.45, 2.75) is 44.9 Å². The average molecular weight is 184 g/mol. The second-order valence-corrected chi connectivity index (χ2v) is 3.69. The Kier molecular flexibility index (Phi) is 3.93. The van der Waals surface area contributed by atoms with Gasteiger partial charge in [0, 0.05) is 18.8 Å². The van der Waals surface area contributed by atoms with Gasteiger partial charge >= 0.3 is 5.97 Å². The van der Waals surface area contributed by atoms with Gasteiger partial charge in [-0.1, -0.05) is 12.8 Å². The Balaban J connectivity index is 2.36. The van der Waals surface area contributed by atoms with Crippen molar-refractivity contribution in [1.82, 2.24) is 0 Å². The maximum Gasteiger partial charge on any atom is 0.303 e. The summed E-state index contributed by atoms with van der Waals surface area (Å²) in [6.45, 7) is 0. The molecule has 1 aliphatic carbocycles. The first-order chi connectivity index (χ1) is 6.20. The Hall–Kier alpha value is -0.860. The molecule has 1 aliphatic rings. The quantitative estimate of drug-likeness (QED) is 0.682. The molecule has 0 aromatic carbocycles. The number of carbonyl (C=O) groups is 2. The molecule has 0 heterocycles. The minimum atomic E-state index is -0.794. The van der Waals surface area contributed by atoms with Crippen molar-refractivity contribution >= 4 is 11.8 Å². The van der Waals surface area contributed by atoms with Crippen LogP contribution < -0.4 is 0 Å². The molecule has 0 spiro atoms. The van der Waals surface area contributed by atoms with E-state index in [4.69, 9.17) is 5.11 Å². The Bertz CT molecular complexity index is 198. The molecule has 1 saturated carbocycles. The van der Waals surface area contributed by atoms with E-state index in [-0.39, 0.29) is 18.1 Å². The summed E-state index contributed by atoms with van der Waals surface area (Å²) in [5.41, 5.74) is 0. The van der Waals surface area contributed by atoms with Gasteiger partial charge in [-0.15, -0.1) is 0 Å². The lowest BCUT2D eigenvalue weighted by atomic mass is 9.94. The number of hydrogen-bond donors (Lipinski definition) is 1. The van der Waals surface area contributed by atoms with Crippen LogP contribution in [-0.4, -0.2) is 16.9 Å². The van der Waals surface area contributed by atoms with Crippen LogP contribution in [0.25, 0.3) is 0 Å². The molecule has 1 fully saturated rings. The zero-order chi connectivity index (χ0) is 9.68. The van der Waals surface area contributed by atoms with Crippen LogP contribution in [0, 0.1) is 5.92 Å². The van der Waals surface area contributed by atoms with Crippen molar-refractivity contribution in [2.24, 2.45) is 5.92 Å². The van der Waals surface area contributed by atoms with Crippen LogP contribution in [0.3, 0.4) is 0 Å². The molecule has 0 aliphatic heterocycles. The predicted octanol–water partition coefficient (Wildman–Crippen LogP) is 2.00. The van der Waals surface area contributed by atoms with E-state index < -0.39 is 5.97 Å². The van der Waals surface area contributed by atoms with Gasteiger partial charge in [-0.3, -0.25) is 9.59 Å². The number of carbonyl (C=O) groups excluding carboxylic acids is 1. The highest BCUT2D eigenvalue weighted by Crippen LogP contribution is 2.23. The Morgan fingerprint density at radius 1 is 1.38 bits per heavy atom. The molecule has 3 nitrogen and oxygen atoms in total. The fourth-order valence-electron chi connectivity index (χ4n) is 1.83. The van der Waals surface area contributed by atoms with Gasteiger partial charge in [0.2, 0.25) is 0 Å². The minimum absolute atomic E-state index is 0.0265. The highest BCUT2D eigenvalue weighted by Gasteiger charge is 2.20. The lowest BCUT2D eigenvalue weighted by Crippen LogP contribution is -2.13. The van der Waals surface area contributed by atoms with Crippen molar-refractivity contribution in [3.63, 3.8) is 0 Å². The Labute approximate surface area is 78.1 Å². The lowest BCUT2D eigenvalue weighted by molar-refractivity contribution is -0.137. The number of hydrogen-bond acceptors (Lipinski definition) is 2. The molecular weight excluding hydrogens is 168 g/mol. The summed E-state index contributed by atoms with van der Waals surface area (Å²) in [5.74, 6) is -0.491. The number of carboxylic acids is 1. The SMILES string of the molecule is O=C(O)CCC1CCCCCC1=O. The van der Waals surface area contributed by atoms with Gasteiger partial charge in [-0.25, -0.2) is 0 Å². The second-order valence-electron chi connectivity index (χ2n) is 3.69. The van der Waals surface area contributed by atoms with Crippen LogP contribution in [0.4, 0.5) is 0 Å². The number of ketones is 1. The van der Waals surface area contributed by atoms with Crippen molar-refractivity contribution in [1.29, 1.82) is 0 Å². The summed E-state index contributed by atoms with van der Waals surface area (Å²) in [5, 5.41) is 8.49. The van der Waals surface area contributed by atoms with E-state index in [2.05, 4.69) is 0 Å². The van der Waals surface area contributed by atoms with E-state index >= 15 is 0 Å². The van der Waals surface area contributed by atoms with Gasteiger partial charge < -0.3 is 5.11 Å². The smallest absolute Gasteiger partial charge is 0.303 e. The standard InChI is InChI=1S/C10H16O3/c11-9-5-3-1-2-4-8(9)6-7-10(12)13/h8H,1-7H2,(H,12,13). The van der Waals surface area contributed by atoms with Crippen molar-refractivity contribution in [2.75, 3.05) is 0 Å². The van der Waals surface area contributed by atoms with E-state index in [0.29, 0.717) is 12.8 Å². The lowest BCUT2D eigenvalue weighted by Gasteiger charge is -2.10. The first kappa shape index (κ1) is 10.2. The molecule has 74 valence electrons. The fourth-order valence-corrected chi connectivity index (χ4v) is 1.83. The third-order valence-corrected chi connectivity index (χ3v) is 2.64. The molecule has 1 rings (SSSR count). The first-order valence-corrected chi connectivity index (χ1v) is 4.94.